The van der Waals surface area contributed by atoms with Crippen LogP contribution in [0.3, 0.4) is 0 Å². The molecule has 0 saturated carbocycles. The number of ketones is 1. The van der Waals surface area contributed by atoms with Crippen LogP contribution in [0.4, 0.5) is 0 Å². The van der Waals surface area contributed by atoms with Gasteiger partial charge in [0.05, 0.1) is 19.0 Å². The first-order chi connectivity index (χ1) is 19.9. The van der Waals surface area contributed by atoms with Gasteiger partial charge in [0.15, 0.2) is 11.6 Å². The first-order valence-electron chi connectivity index (χ1n) is 11.9. The minimum atomic E-state index is -4.41. The van der Waals surface area contributed by atoms with Crippen molar-refractivity contribution in [2.24, 2.45) is 0 Å². The molecule has 0 spiro atoms. The summed E-state index contributed by atoms with van der Waals surface area (Å²) < 4.78 is 27.6. The van der Waals surface area contributed by atoms with Crippen molar-refractivity contribution in [1.82, 2.24) is 35.2 Å². The molecule has 0 saturated heterocycles. The lowest BCUT2D eigenvalue weighted by Crippen LogP contribution is -2.43. The number of carbonyl (C=O) groups excluding carboxylic acids is 2. The molecule has 1 amide bonds. The van der Waals surface area contributed by atoms with Crippen molar-refractivity contribution in [3.63, 3.8) is 0 Å². The summed E-state index contributed by atoms with van der Waals surface area (Å²) in [5, 5.41) is 24.9. The fraction of sp³-hybridized carbons (Fsp3) is 0.208. The van der Waals surface area contributed by atoms with E-state index in [-0.39, 0.29) is 18.8 Å². The highest BCUT2D eigenvalue weighted by molar-refractivity contribution is 7.91. The van der Waals surface area contributed by atoms with Crippen LogP contribution in [-0.2, 0) is 39.1 Å². The first-order valence-corrected chi connectivity index (χ1v) is 15.3. The monoisotopic (exact) mass is 671 g/mol. The van der Waals surface area contributed by atoms with Gasteiger partial charge >= 0.3 is 5.97 Å². The van der Waals surface area contributed by atoms with E-state index < -0.39 is 51.0 Å². The fourth-order valence-corrected chi connectivity index (χ4v) is 6.55. The van der Waals surface area contributed by atoms with Gasteiger partial charge in [0.2, 0.25) is 4.34 Å². The Balaban J connectivity index is 1.40. The van der Waals surface area contributed by atoms with Gasteiger partial charge in [0.25, 0.3) is 15.9 Å². The van der Waals surface area contributed by atoms with Crippen LogP contribution >= 0.6 is 46.1 Å². The topological polar surface area (TPSA) is 186 Å². The Morgan fingerprint density at radius 3 is 2.40 bits per heavy atom. The molecule has 2 heterocycles. The van der Waals surface area contributed by atoms with Crippen molar-refractivity contribution in [2.75, 3.05) is 0 Å². The summed E-state index contributed by atoms with van der Waals surface area (Å²) >= 11 is 18.9. The van der Waals surface area contributed by atoms with Crippen molar-refractivity contribution in [3.8, 4) is 0 Å². The number of nitrogens with one attached hydrogen (secondary N) is 2. The number of Topliss-reactive ketones (excluding diaryl/α,β-unsaturated/α-hetero) is 1. The number of nitrogens with zero attached hydrogens (tertiary/aromatic N) is 5. The molecule has 4 aromatic rings. The quantitative estimate of drug-likeness (QED) is 0.191. The number of benzene rings is 2. The van der Waals surface area contributed by atoms with E-state index in [0.29, 0.717) is 31.1 Å². The van der Waals surface area contributed by atoms with Gasteiger partial charge in [-0.25, -0.2) is 13.4 Å². The molecule has 0 aliphatic heterocycles. The third kappa shape index (κ3) is 8.30. The number of hydrogen-bond acceptors (Lipinski definition) is 10. The van der Waals surface area contributed by atoms with Crippen molar-refractivity contribution in [1.29, 1.82) is 0 Å². The zero-order valence-corrected chi connectivity index (χ0v) is 25.1. The molecule has 2 aromatic carbocycles. The summed E-state index contributed by atoms with van der Waals surface area (Å²) in [6.45, 7) is -0.588. The first kappa shape index (κ1) is 31.5. The van der Waals surface area contributed by atoms with Crippen molar-refractivity contribution < 1.29 is 27.9 Å². The number of amides is 1. The highest BCUT2D eigenvalue weighted by Gasteiger charge is 2.30. The standard InChI is InChI=1S/C24H20Cl3N7O6S2/c25-14-6-4-13(5-7-14)23(38)28-10-15-11-29-24(41-15)42(39,40)32-19(9-22(36)37)20(35)12-34-31-21(30-33-34)8-16-17(26)2-1-3-18(16)27/h1-7,11,19,32H,8-10,12H2,(H,28,38)(H,36,37). The number of aromatic nitrogens is 5. The summed E-state index contributed by atoms with van der Waals surface area (Å²) in [5.74, 6) is -2.46. The van der Waals surface area contributed by atoms with Gasteiger partial charge in [-0.05, 0) is 47.2 Å². The van der Waals surface area contributed by atoms with Crippen molar-refractivity contribution in [3.05, 3.63) is 85.6 Å². The van der Waals surface area contributed by atoms with Gasteiger partial charge in [0, 0.05) is 38.1 Å². The van der Waals surface area contributed by atoms with Gasteiger partial charge in [0.1, 0.15) is 6.54 Å². The van der Waals surface area contributed by atoms with Crippen LogP contribution in [0.15, 0.2) is 53.0 Å². The van der Waals surface area contributed by atoms with E-state index in [1.807, 2.05) is 0 Å². The molecule has 1 unspecified atom stereocenters. The molecule has 18 heteroatoms. The normalized spacial score (nSPS) is 12.2. The van der Waals surface area contributed by atoms with Gasteiger partial charge in [-0.2, -0.15) is 9.52 Å². The Morgan fingerprint density at radius 2 is 1.74 bits per heavy atom. The molecule has 0 aliphatic rings. The van der Waals surface area contributed by atoms with Crippen LogP contribution in [0, 0.1) is 0 Å². The third-order valence-corrected chi connectivity index (χ3v) is 9.37. The molecule has 2 aromatic heterocycles. The highest BCUT2D eigenvalue weighted by atomic mass is 35.5. The summed E-state index contributed by atoms with van der Waals surface area (Å²) in [5.41, 5.74) is 0.908. The van der Waals surface area contributed by atoms with Crippen LogP contribution < -0.4 is 10.0 Å². The number of carboxylic acids is 1. The van der Waals surface area contributed by atoms with Gasteiger partial charge in [-0.15, -0.1) is 21.5 Å². The van der Waals surface area contributed by atoms with E-state index in [2.05, 4.69) is 30.4 Å². The molecule has 13 nitrogen and oxygen atoms in total. The fourth-order valence-electron chi connectivity index (χ4n) is 3.52. The summed E-state index contributed by atoms with van der Waals surface area (Å²) in [6.07, 6.45) is 0.524. The molecule has 220 valence electrons. The van der Waals surface area contributed by atoms with Crippen LogP contribution in [0.25, 0.3) is 0 Å². The Bertz CT molecular complexity index is 1710. The molecule has 4 rings (SSSR count). The molecular weight excluding hydrogens is 653 g/mol. The Morgan fingerprint density at radius 1 is 1.05 bits per heavy atom. The minimum Gasteiger partial charge on any atom is -0.481 e. The Hall–Kier alpha value is -3.47. The summed E-state index contributed by atoms with van der Waals surface area (Å²) in [7, 11) is -4.41. The second kappa shape index (κ2) is 13.7. The molecule has 42 heavy (non-hydrogen) atoms. The van der Waals surface area contributed by atoms with Crippen molar-refractivity contribution >= 4 is 73.8 Å². The van der Waals surface area contributed by atoms with E-state index in [4.69, 9.17) is 34.8 Å². The third-order valence-electron chi connectivity index (χ3n) is 5.54. The number of tetrazole rings is 1. The molecule has 3 N–H and O–H groups in total. The SMILES string of the molecule is O=C(O)CC(NS(=O)(=O)c1ncc(CNC(=O)c2ccc(Cl)cc2)s1)C(=O)Cn1nnc(Cc2c(Cl)cccc2Cl)n1. The smallest absolute Gasteiger partial charge is 0.305 e. The zero-order valence-electron chi connectivity index (χ0n) is 21.2. The minimum absolute atomic E-state index is 0.0220. The van der Waals surface area contributed by atoms with Gasteiger partial charge in [-0.3, -0.25) is 14.4 Å². The Labute approximate surface area is 257 Å². The molecule has 0 radical (unpaired) electrons. The number of hydrogen-bond donors (Lipinski definition) is 3. The number of halogens is 3. The lowest BCUT2D eigenvalue weighted by molar-refractivity contribution is -0.139. The highest BCUT2D eigenvalue weighted by Crippen LogP contribution is 2.26. The summed E-state index contributed by atoms with van der Waals surface area (Å²) in [4.78, 5) is 41.8. The van der Waals surface area contributed by atoms with Crippen LogP contribution in [0.1, 0.15) is 33.0 Å². The van der Waals surface area contributed by atoms with E-state index in [0.717, 1.165) is 16.1 Å². The maximum atomic E-state index is 13.0. The summed E-state index contributed by atoms with van der Waals surface area (Å²) in [6, 6.07) is 9.49. The average Bonchev–Trinajstić information content (AvgIpc) is 3.59. The number of aliphatic carboxylic acids is 1. The number of sulfonamides is 1. The van der Waals surface area contributed by atoms with E-state index in [1.165, 1.54) is 18.3 Å². The van der Waals surface area contributed by atoms with E-state index in [1.54, 1.807) is 30.3 Å². The number of carboxylic acid groups (broad SMARTS) is 1. The van der Waals surface area contributed by atoms with Crippen LogP contribution in [-0.4, -0.2) is 62.4 Å². The lowest BCUT2D eigenvalue weighted by atomic mass is 10.1. The second-order valence-electron chi connectivity index (χ2n) is 8.63. The molecule has 0 aliphatic carbocycles. The average molecular weight is 673 g/mol. The van der Waals surface area contributed by atoms with Crippen molar-refractivity contribution in [2.45, 2.75) is 36.3 Å². The van der Waals surface area contributed by atoms with Gasteiger partial charge < -0.3 is 10.4 Å². The van der Waals surface area contributed by atoms with E-state index >= 15 is 0 Å². The number of carbonyl (C=O) groups is 3. The number of rotatable bonds is 13. The zero-order chi connectivity index (χ0) is 30.4. The van der Waals surface area contributed by atoms with Gasteiger partial charge in [-0.1, -0.05) is 40.9 Å². The predicted octanol–water partition coefficient (Wildman–Crippen LogP) is 3.00. The largest absolute Gasteiger partial charge is 0.481 e. The lowest BCUT2D eigenvalue weighted by Gasteiger charge is -2.14. The molecule has 0 fully saturated rings. The molecular formula is C24H20Cl3N7O6S2. The maximum absolute atomic E-state index is 13.0. The van der Waals surface area contributed by atoms with E-state index in [9.17, 15) is 27.9 Å². The Kier molecular flexibility index (Phi) is 10.2. The van der Waals surface area contributed by atoms with Crippen LogP contribution in [0.5, 0.6) is 0 Å². The molecule has 0 bridgehead atoms. The number of thiazole rings is 1. The molecule has 1 atom stereocenters. The maximum Gasteiger partial charge on any atom is 0.305 e. The second-order valence-corrected chi connectivity index (χ2v) is 12.9. The predicted molar refractivity (Wildman–Crippen MR) is 153 cm³/mol. The van der Waals surface area contributed by atoms with Crippen LogP contribution in [0.2, 0.25) is 15.1 Å².